The van der Waals surface area contributed by atoms with Gasteiger partial charge in [0.15, 0.2) is 17.5 Å². The van der Waals surface area contributed by atoms with Crippen LogP contribution in [-0.4, -0.2) is 100 Å². The van der Waals surface area contributed by atoms with Gasteiger partial charge in [-0.2, -0.15) is 4.68 Å². The van der Waals surface area contributed by atoms with Crippen LogP contribution in [0.4, 0.5) is 32.7 Å². The molecule has 2 fully saturated rings. The lowest BCUT2D eigenvalue weighted by atomic mass is 9.91. The molecule has 0 radical (unpaired) electrons. The number of benzene rings is 2. The van der Waals surface area contributed by atoms with Crippen LogP contribution in [0.3, 0.4) is 0 Å². The molecule has 0 bridgehead atoms. The van der Waals surface area contributed by atoms with Gasteiger partial charge < -0.3 is 39.0 Å². The highest BCUT2D eigenvalue weighted by molar-refractivity contribution is 6.23. The minimum atomic E-state index is -1.11. The summed E-state index contributed by atoms with van der Waals surface area (Å²) >= 11 is 0. The number of aromatic nitrogens is 4. The first-order valence-electron chi connectivity index (χ1n) is 19.0. The number of amides is 2. The molecule has 1 saturated heterocycles. The number of carbonyl (C=O) groups excluding carboxylic acids is 3. The lowest BCUT2D eigenvalue weighted by Crippen LogP contribution is -2.41. The average molecular weight is 786 g/mol. The third kappa shape index (κ3) is 7.67. The first-order valence-corrected chi connectivity index (χ1v) is 19.0. The van der Waals surface area contributed by atoms with E-state index in [1.54, 1.807) is 80.7 Å². The summed E-state index contributed by atoms with van der Waals surface area (Å²) in [5.41, 5.74) is -1.53. The van der Waals surface area contributed by atoms with Gasteiger partial charge in [-0.3, -0.25) is 4.79 Å². The van der Waals surface area contributed by atoms with Crippen molar-refractivity contribution in [1.29, 1.82) is 0 Å². The number of imide groups is 1. The molecular formula is C41H51N7O9. The number of carbonyl (C=O) groups is 3. The topological polar surface area (TPSA) is 180 Å². The minimum Gasteiger partial charge on any atom is -0.497 e. The van der Waals surface area contributed by atoms with Crippen molar-refractivity contribution in [2.24, 2.45) is 0 Å². The monoisotopic (exact) mass is 785 g/mol. The minimum absolute atomic E-state index is 0.154. The fraction of sp³-hybridized carbons (Fsp3) is 0.512. The molecule has 0 unspecified atom stereocenters. The molecule has 57 heavy (non-hydrogen) atoms. The molecule has 2 N–H and O–H groups in total. The van der Waals surface area contributed by atoms with Crippen LogP contribution in [0.15, 0.2) is 36.4 Å². The zero-order valence-electron chi connectivity index (χ0n) is 34.2. The summed E-state index contributed by atoms with van der Waals surface area (Å²) in [7, 11) is 3.08. The summed E-state index contributed by atoms with van der Waals surface area (Å²) in [5, 5.41) is 19.3. The first kappa shape index (κ1) is 39.7. The first-order chi connectivity index (χ1) is 26.7. The molecule has 4 aromatic rings. The van der Waals surface area contributed by atoms with Gasteiger partial charge in [-0.05, 0) is 103 Å². The van der Waals surface area contributed by atoms with Crippen LogP contribution in [0.1, 0.15) is 84.7 Å². The Hall–Kier alpha value is -5.48. The number of anilines is 4. The van der Waals surface area contributed by atoms with Crippen molar-refractivity contribution in [2.75, 3.05) is 55.6 Å². The van der Waals surface area contributed by atoms with Crippen molar-refractivity contribution in [1.82, 2.24) is 19.7 Å². The number of methoxy groups -OCH3 is 2. The number of hydrogen-bond acceptors (Lipinski definition) is 14. The highest BCUT2D eigenvalue weighted by Gasteiger charge is 2.68. The van der Waals surface area contributed by atoms with Crippen molar-refractivity contribution < 1.29 is 43.2 Å². The Bertz CT molecular complexity index is 2250. The Morgan fingerprint density at radius 2 is 1.60 bits per heavy atom. The van der Waals surface area contributed by atoms with Gasteiger partial charge >= 0.3 is 12.2 Å². The quantitative estimate of drug-likeness (QED) is 0.205. The molecule has 2 aliphatic heterocycles. The fourth-order valence-corrected chi connectivity index (χ4v) is 7.52. The van der Waals surface area contributed by atoms with Crippen LogP contribution in [0.5, 0.6) is 11.5 Å². The van der Waals surface area contributed by atoms with Crippen molar-refractivity contribution >= 4 is 52.1 Å². The van der Waals surface area contributed by atoms with Gasteiger partial charge in [0.1, 0.15) is 22.8 Å². The van der Waals surface area contributed by atoms with E-state index in [2.05, 4.69) is 5.32 Å². The summed E-state index contributed by atoms with van der Waals surface area (Å²) < 4.78 is 29.7. The van der Waals surface area contributed by atoms with E-state index in [1.807, 2.05) is 23.1 Å². The van der Waals surface area contributed by atoms with E-state index in [0.29, 0.717) is 83.8 Å². The Labute approximate surface area is 331 Å². The Kier molecular flexibility index (Phi) is 9.88. The predicted molar refractivity (Wildman–Crippen MR) is 212 cm³/mol. The predicted octanol–water partition coefficient (Wildman–Crippen LogP) is 6.23. The standard InChI is InChI=1S/C41H51N7O9/c1-38(2,3)56-36(50)47-28-14-12-24(53-9)20-26(28)41(35(47)49)21-27(41)23-11-13-25-29(19-23)48(37(51)57-39(4,5)6)45-32(25)44-33-31(54-10)34(46-15-17-55-18-16-46)43-30(42-33)22-40(7,8)52/h11-14,19-20,27,52H,15-18,21-22H2,1-10H3,(H,42,43,44,45)/t27-,41-/m0/s1. The van der Waals surface area contributed by atoms with E-state index in [1.165, 1.54) is 11.8 Å². The van der Waals surface area contributed by atoms with Crippen molar-refractivity contribution in [3.8, 4) is 11.5 Å². The number of fused-ring (bicyclic) bond motifs is 3. The Morgan fingerprint density at radius 3 is 2.23 bits per heavy atom. The van der Waals surface area contributed by atoms with Gasteiger partial charge in [0.2, 0.25) is 11.7 Å². The normalized spacial score (nSPS) is 19.5. The van der Waals surface area contributed by atoms with Gasteiger partial charge in [-0.15, -0.1) is 5.10 Å². The van der Waals surface area contributed by atoms with Crippen LogP contribution in [-0.2, 0) is 30.8 Å². The van der Waals surface area contributed by atoms with Gasteiger partial charge in [0.05, 0.1) is 49.7 Å². The third-order valence-corrected chi connectivity index (χ3v) is 9.96. The maximum absolute atomic E-state index is 14.4. The molecule has 2 atom stereocenters. The molecule has 2 aromatic heterocycles. The van der Waals surface area contributed by atoms with Gasteiger partial charge in [-0.25, -0.2) is 24.5 Å². The second-order valence-corrected chi connectivity index (χ2v) is 17.3. The van der Waals surface area contributed by atoms with E-state index in [-0.39, 0.29) is 24.1 Å². The third-order valence-electron chi connectivity index (χ3n) is 9.96. The highest BCUT2D eigenvalue weighted by Crippen LogP contribution is 2.67. The molecule has 2 aromatic carbocycles. The largest absolute Gasteiger partial charge is 0.497 e. The maximum Gasteiger partial charge on any atom is 0.435 e. The second kappa shape index (κ2) is 14.2. The van der Waals surface area contributed by atoms with Crippen molar-refractivity contribution in [3.63, 3.8) is 0 Å². The lowest BCUT2D eigenvalue weighted by molar-refractivity contribution is -0.120. The number of hydrogen-bond donors (Lipinski definition) is 2. The van der Waals surface area contributed by atoms with Crippen LogP contribution in [0.25, 0.3) is 10.9 Å². The van der Waals surface area contributed by atoms with E-state index in [4.69, 9.17) is 38.8 Å². The van der Waals surface area contributed by atoms with Crippen LogP contribution in [0.2, 0.25) is 0 Å². The molecule has 2 amide bonds. The SMILES string of the molecule is COc1ccc2c(c1)[C@]1(C[C@H]1c1ccc3c(Nc4nc(CC(C)(C)O)nc(N5CCOCC5)c4OC)nn(C(=O)OC(C)(C)C)c3c1)C(=O)N2C(=O)OC(C)(C)C. The molecule has 1 spiro atoms. The zero-order valence-corrected chi connectivity index (χ0v) is 34.2. The highest BCUT2D eigenvalue weighted by atomic mass is 16.6. The van der Waals surface area contributed by atoms with Crippen LogP contribution >= 0.6 is 0 Å². The van der Waals surface area contributed by atoms with Crippen molar-refractivity contribution in [2.45, 2.75) is 96.4 Å². The summed E-state index contributed by atoms with van der Waals surface area (Å²) in [6.45, 7) is 16.1. The second-order valence-electron chi connectivity index (χ2n) is 17.3. The number of nitrogens with zero attached hydrogens (tertiary/aromatic N) is 6. The number of morpholine rings is 1. The molecule has 1 saturated carbocycles. The smallest absolute Gasteiger partial charge is 0.435 e. The molecular weight excluding hydrogens is 734 g/mol. The molecule has 16 nitrogen and oxygen atoms in total. The van der Waals surface area contributed by atoms with Gasteiger partial charge in [-0.1, -0.05) is 6.07 Å². The fourth-order valence-electron chi connectivity index (χ4n) is 7.52. The zero-order chi connectivity index (χ0) is 41.2. The maximum atomic E-state index is 14.4. The van der Waals surface area contributed by atoms with E-state index in [9.17, 15) is 19.5 Å². The van der Waals surface area contributed by atoms with Crippen molar-refractivity contribution in [3.05, 3.63) is 53.3 Å². The molecule has 1 aliphatic carbocycles. The number of rotatable bonds is 8. The summed E-state index contributed by atoms with van der Waals surface area (Å²) in [6, 6.07) is 10.8. The molecule has 4 heterocycles. The number of aliphatic hydroxyl groups is 1. The van der Waals surface area contributed by atoms with Gasteiger partial charge in [0.25, 0.3) is 0 Å². The van der Waals surface area contributed by atoms with E-state index >= 15 is 0 Å². The lowest BCUT2D eigenvalue weighted by Gasteiger charge is -2.30. The Morgan fingerprint density at radius 1 is 0.912 bits per heavy atom. The number of ether oxygens (including phenoxy) is 5. The van der Waals surface area contributed by atoms with Crippen LogP contribution < -0.4 is 24.6 Å². The molecule has 16 heteroatoms. The molecule has 304 valence electrons. The van der Waals surface area contributed by atoms with E-state index < -0.39 is 34.4 Å². The van der Waals surface area contributed by atoms with Crippen LogP contribution in [0, 0.1) is 0 Å². The summed E-state index contributed by atoms with van der Waals surface area (Å²) in [6.07, 6.45) is -0.896. The number of nitrogens with one attached hydrogen (secondary N) is 1. The molecule has 7 rings (SSSR count). The van der Waals surface area contributed by atoms with E-state index in [0.717, 1.165) is 10.5 Å². The molecule has 3 aliphatic rings. The summed E-state index contributed by atoms with van der Waals surface area (Å²) in [5.74, 6) is 1.66. The summed E-state index contributed by atoms with van der Waals surface area (Å²) in [4.78, 5) is 54.5. The van der Waals surface area contributed by atoms with Gasteiger partial charge in [0, 0.05) is 30.8 Å². The Balaban J connectivity index is 1.32. The average Bonchev–Trinajstić information content (AvgIpc) is 3.71.